The zero-order chi connectivity index (χ0) is 20.4. The molecular weight excluding hydrogens is 362 g/mol. The molecule has 0 N–H and O–H groups in total. The van der Waals surface area contributed by atoms with E-state index in [9.17, 15) is 4.79 Å². The Kier molecular flexibility index (Phi) is 5.67. The molecule has 0 fully saturated rings. The molecule has 0 saturated carbocycles. The van der Waals surface area contributed by atoms with Gasteiger partial charge in [0.25, 0.3) is 0 Å². The average Bonchev–Trinajstić information content (AvgIpc) is 3.00. The standard InChI is InChI=1S/C24H29N3O2/c1-4-29-24(28)14-19(18-7-10-25-11-8-18)15-27-22-6-5-17(2)13-20(22)21-16-26(3)12-9-23(21)27/h5-8,10-11,13,19H,4,9,12,14-16H2,1-3H3. The molecular formula is C24H29N3O2. The highest BCUT2D eigenvalue weighted by Gasteiger charge is 2.25. The van der Waals surface area contributed by atoms with Crippen LogP contribution in [0.1, 0.15) is 41.6 Å². The SMILES string of the molecule is CCOC(=O)CC(Cn1c2c(c3cc(C)ccc31)CN(C)CC2)c1ccncc1. The van der Waals surface area contributed by atoms with Crippen LogP contribution < -0.4 is 0 Å². The molecule has 1 aliphatic heterocycles. The average molecular weight is 392 g/mol. The van der Waals surface area contributed by atoms with Crippen molar-refractivity contribution in [1.29, 1.82) is 0 Å². The largest absolute Gasteiger partial charge is 0.466 e. The van der Waals surface area contributed by atoms with Crippen molar-refractivity contribution in [2.45, 2.75) is 45.7 Å². The van der Waals surface area contributed by atoms with E-state index >= 15 is 0 Å². The van der Waals surface area contributed by atoms with E-state index in [1.165, 1.54) is 27.7 Å². The van der Waals surface area contributed by atoms with E-state index < -0.39 is 0 Å². The highest BCUT2D eigenvalue weighted by molar-refractivity contribution is 5.86. The fraction of sp³-hybridized carbons (Fsp3) is 0.417. The first-order chi connectivity index (χ1) is 14.1. The van der Waals surface area contributed by atoms with Gasteiger partial charge in [-0.1, -0.05) is 11.6 Å². The lowest BCUT2D eigenvalue weighted by molar-refractivity contribution is -0.143. The molecule has 1 aromatic carbocycles. The summed E-state index contributed by atoms with van der Waals surface area (Å²) in [5, 5.41) is 1.34. The van der Waals surface area contributed by atoms with E-state index in [-0.39, 0.29) is 11.9 Å². The van der Waals surface area contributed by atoms with Gasteiger partial charge in [0, 0.05) is 61.0 Å². The van der Waals surface area contributed by atoms with Crippen molar-refractivity contribution in [3.63, 3.8) is 0 Å². The molecule has 5 nitrogen and oxygen atoms in total. The number of esters is 1. The summed E-state index contributed by atoms with van der Waals surface area (Å²) in [5.41, 5.74) is 6.51. The quantitative estimate of drug-likeness (QED) is 0.594. The van der Waals surface area contributed by atoms with Crippen LogP contribution in [0.4, 0.5) is 0 Å². The van der Waals surface area contributed by atoms with Gasteiger partial charge in [-0.3, -0.25) is 9.78 Å². The number of rotatable bonds is 6. The molecule has 1 atom stereocenters. The number of pyridine rings is 1. The van der Waals surface area contributed by atoms with Gasteiger partial charge in [-0.25, -0.2) is 0 Å². The summed E-state index contributed by atoms with van der Waals surface area (Å²) in [6.45, 7) is 7.21. The van der Waals surface area contributed by atoms with Crippen molar-refractivity contribution in [3.8, 4) is 0 Å². The molecule has 1 aliphatic rings. The Hall–Kier alpha value is -2.66. The van der Waals surface area contributed by atoms with E-state index in [0.717, 1.165) is 31.6 Å². The van der Waals surface area contributed by atoms with E-state index in [4.69, 9.17) is 4.74 Å². The lowest BCUT2D eigenvalue weighted by atomic mass is 9.96. The third kappa shape index (κ3) is 4.06. The minimum atomic E-state index is -0.143. The lowest BCUT2D eigenvalue weighted by Gasteiger charge is -2.26. The predicted molar refractivity (Wildman–Crippen MR) is 115 cm³/mol. The number of aryl methyl sites for hydroxylation is 1. The minimum Gasteiger partial charge on any atom is -0.466 e. The molecule has 0 bridgehead atoms. The van der Waals surface area contributed by atoms with Crippen LogP contribution in [-0.2, 0) is 29.0 Å². The highest BCUT2D eigenvalue weighted by atomic mass is 16.5. The van der Waals surface area contributed by atoms with E-state index in [1.54, 1.807) is 12.4 Å². The molecule has 3 heterocycles. The number of carbonyl (C=O) groups excluding carboxylic acids is 1. The third-order valence-electron chi connectivity index (χ3n) is 5.90. The van der Waals surface area contributed by atoms with Crippen molar-refractivity contribution >= 4 is 16.9 Å². The van der Waals surface area contributed by atoms with Crippen LogP contribution in [0.2, 0.25) is 0 Å². The molecule has 4 rings (SSSR count). The number of carbonyl (C=O) groups is 1. The first kappa shape index (κ1) is 19.6. The molecule has 2 aromatic heterocycles. The van der Waals surface area contributed by atoms with E-state index in [0.29, 0.717) is 13.0 Å². The molecule has 0 aliphatic carbocycles. The monoisotopic (exact) mass is 391 g/mol. The van der Waals surface area contributed by atoms with Crippen molar-refractivity contribution in [2.75, 3.05) is 20.2 Å². The zero-order valence-electron chi connectivity index (χ0n) is 17.5. The van der Waals surface area contributed by atoms with Gasteiger partial charge >= 0.3 is 5.97 Å². The van der Waals surface area contributed by atoms with E-state index in [1.807, 2.05) is 19.1 Å². The first-order valence-electron chi connectivity index (χ1n) is 10.4. The second kappa shape index (κ2) is 8.37. The Bertz CT molecular complexity index is 1010. The summed E-state index contributed by atoms with van der Waals surface area (Å²) in [6.07, 6.45) is 5.00. The zero-order valence-corrected chi connectivity index (χ0v) is 17.5. The van der Waals surface area contributed by atoms with Crippen molar-refractivity contribution < 1.29 is 9.53 Å². The molecule has 1 unspecified atom stereocenters. The number of hydrogen-bond donors (Lipinski definition) is 0. The second-order valence-electron chi connectivity index (χ2n) is 8.03. The van der Waals surface area contributed by atoms with Gasteiger partial charge < -0.3 is 14.2 Å². The van der Waals surface area contributed by atoms with Crippen LogP contribution in [0.15, 0.2) is 42.7 Å². The van der Waals surface area contributed by atoms with Gasteiger partial charge in [0.05, 0.1) is 13.0 Å². The van der Waals surface area contributed by atoms with Crippen LogP contribution in [-0.4, -0.2) is 40.6 Å². The summed E-state index contributed by atoms with van der Waals surface area (Å²) in [4.78, 5) is 18.9. The number of hydrogen-bond acceptors (Lipinski definition) is 4. The van der Waals surface area contributed by atoms with Gasteiger partial charge in [-0.15, -0.1) is 0 Å². The molecule has 0 radical (unpaired) electrons. The fourth-order valence-electron chi connectivity index (χ4n) is 4.47. The molecule has 152 valence electrons. The minimum absolute atomic E-state index is 0.0534. The Labute approximate surface area is 172 Å². The lowest BCUT2D eigenvalue weighted by Crippen LogP contribution is -2.28. The topological polar surface area (TPSA) is 47.4 Å². The fourth-order valence-corrected chi connectivity index (χ4v) is 4.47. The number of aromatic nitrogens is 2. The number of benzene rings is 1. The molecule has 3 aromatic rings. The van der Waals surface area contributed by atoms with Crippen molar-refractivity contribution in [2.24, 2.45) is 0 Å². The summed E-state index contributed by atoms with van der Waals surface area (Å²) in [7, 11) is 2.18. The maximum absolute atomic E-state index is 12.3. The predicted octanol–water partition coefficient (Wildman–Crippen LogP) is 4.07. The van der Waals surface area contributed by atoms with Crippen molar-refractivity contribution in [1.82, 2.24) is 14.5 Å². The van der Waals surface area contributed by atoms with Crippen LogP contribution in [0.25, 0.3) is 10.9 Å². The summed E-state index contributed by atoms with van der Waals surface area (Å²) < 4.78 is 7.72. The van der Waals surface area contributed by atoms with Gasteiger partial charge in [0.1, 0.15) is 0 Å². The second-order valence-corrected chi connectivity index (χ2v) is 8.03. The Morgan fingerprint density at radius 2 is 2.03 bits per heavy atom. The summed E-state index contributed by atoms with van der Waals surface area (Å²) in [6, 6.07) is 10.7. The van der Waals surface area contributed by atoms with Gasteiger partial charge in [0.15, 0.2) is 0 Å². The Morgan fingerprint density at radius 3 is 2.79 bits per heavy atom. The summed E-state index contributed by atoms with van der Waals surface area (Å²) >= 11 is 0. The normalized spacial score (nSPS) is 15.3. The van der Waals surface area contributed by atoms with E-state index in [2.05, 4.69) is 46.6 Å². The number of ether oxygens (including phenoxy) is 1. The summed E-state index contributed by atoms with van der Waals surface area (Å²) in [5.74, 6) is -0.0899. The maximum Gasteiger partial charge on any atom is 0.306 e. The smallest absolute Gasteiger partial charge is 0.306 e. The van der Waals surface area contributed by atoms with Gasteiger partial charge in [0.2, 0.25) is 0 Å². The molecule has 29 heavy (non-hydrogen) atoms. The number of fused-ring (bicyclic) bond motifs is 3. The van der Waals surface area contributed by atoms with Crippen molar-refractivity contribution in [3.05, 3.63) is 65.1 Å². The maximum atomic E-state index is 12.3. The van der Waals surface area contributed by atoms with Crippen LogP contribution in [0.3, 0.4) is 0 Å². The third-order valence-corrected chi connectivity index (χ3v) is 5.90. The number of nitrogens with zero attached hydrogens (tertiary/aromatic N) is 3. The van der Waals surface area contributed by atoms with Crippen LogP contribution in [0, 0.1) is 6.92 Å². The Balaban J connectivity index is 1.77. The molecule has 0 spiro atoms. The van der Waals surface area contributed by atoms with Gasteiger partial charge in [-0.05, 0) is 56.3 Å². The Morgan fingerprint density at radius 1 is 1.24 bits per heavy atom. The van der Waals surface area contributed by atoms with Crippen LogP contribution >= 0.6 is 0 Å². The van der Waals surface area contributed by atoms with Gasteiger partial charge in [-0.2, -0.15) is 0 Å². The number of likely N-dealkylation sites (N-methyl/N-ethyl adjacent to an activating group) is 1. The molecule has 0 saturated heterocycles. The molecule has 5 heteroatoms. The highest BCUT2D eigenvalue weighted by Crippen LogP contribution is 2.34. The first-order valence-corrected chi connectivity index (χ1v) is 10.4. The van der Waals surface area contributed by atoms with Crippen LogP contribution in [0.5, 0.6) is 0 Å². The molecule has 0 amide bonds.